The quantitative estimate of drug-likeness (QED) is 0.915. The van der Waals surface area contributed by atoms with E-state index in [1.807, 2.05) is 0 Å². The Hall–Kier alpha value is -1.85. The zero-order valence-corrected chi connectivity index (χ0v) is 10.4. The molecule has 104 valence electrons. The van der Waals surface area contributed by atoms with Gasteiger partial charge in [0.15, 0.2) is 11.5 Å². The lowest BCUT2D eigenvalue weighted by atomic mass is 9.96. The van der Waals surface area contributed by atoms with Crippen LogP contribution in [0.4, 0.5) is 8.78 Å². The SMILES string of the molecule is CC(Cc1cc2c(cc1C(F)F)OCCO2)C(=O)O. The maximum absolute atomic E-state index is 13.0. The number of halogens is 2. The number of hydrogen-bond donors (Lipinski definition) is 1. The lowest BCUT2D eigenvalue weighted by molar-refractivity contribution is -0.141. The predicted molar refractivity (Wildman–Crippen MR) is 62.9 cm³/mol. The molecule has 1 aliphatic rings. The lowest BCUT2D eigenvalue weighted by Gasteiger charge is -2.21. The summed E-state index contributed by atoms with van der Waals surface area (Å²) in [6, 6.07) is 2.69. The Labute approximate surface area is 108 Å². The summed E-state index contributed by atoms with van der Waals surface area (Å²) in [6.45, 7) is 2.16. The van der Waals surface area contributed by atoms with E-state index >= 15 is 0 Å². The Morgan fingerprint density at radius 3 is 2.42 bits per heavy atom. The zero-order valence-electron chi connectivity index (χ0n) is 10.4. The summed E-state index contributed by atoms with van der Waals surface area (Å²) in [4.78, 5) is 10.8. The van der Waals surface area contributed by atoms with Crippen LogP contribution in [0.1, 0.15) is 24.5 Å². The second-order valence-electron chi connectivity index (χ2n) is 4.44. The predicted octanol–water partition coefficient (Wildman–Crippen LogP) is 2.66. The summed E-state index contributed by atoms with van der Waals surface area (Å²) in [6.07, 6.45) is -2.64. The van der Waals surface area contributed by atoms with Gasteiger partial charge in [-0.05, 0) is 24.1 Å². The van der Waals surface area contributed by atoms with Gasteiger partial charge < -0.3 is 14.6 Å². The molecule has 0 spiro atoms. The number of benzene rings is 1. The molecule has 1 N–H and O–H groups in total. The fourth-order valence-corrected chi connectivity index (χ4v) is 1.94. The maximum atomic E-state index is 13.0. The van der Waals surface area contributed by atoms with E-state index < -0.39 is 18.3 Å². The van der Waals surface area contributed by atoms with Crippen LogP contribution in [0.5, 0.6) is 11.5 Å². The minimum atomic E-state index is -2.67. The summed E-state index contributed by atoms with van der Waals surface area (Å²) in [5, 5.41) is 8.87. The molecule has 0 saturated carbocycles. The molecule has 1 aliphatic heterocycles. The van der Waals surface area contributed by atoms with Crippen molar-refractivity contribution in [2.75, 3.05) is 13.2 Å². The first kappa shape index (κ1) is 13.6. The lowest BCUT2D eigenvalue weighted by Crippen LogP contribution is -2.17. The third kappa shape index (κ3) is 2.94. The number of aliphatic carboxylic acids is 1. The summed E-state index contributed by atoms with van der Waals surface area (Å²) in [5.41, 5.74) is 0.0894. The van der Waals surface area contributed by atoms with Crippen LogP contribution in [0.2, 0.25) is 0 Å². The monoisotopic (exact) mass is 272 g/mol. The topological polar surface area (TPSA) is 55.8 Å². The molecule has 0 fully saturated rings. The van der Waals surface area contributed by atoms with Crippen molar-refractivity contribution in [2.24, 2.45) is 5.92 Å². The summed E-state index contributed by atoms with van der Waals surface area (Å²) >= 11 is 0. The molecule has 0 aliphatic carbocycles. The van der Waals surface area contributed by atoms with Gasteiger partial charge in [0.05, 0.1) is 5.92 Å². The highest BCUT2D eigenvalue weighted by molar-refractivity contribution is 5.70. The van der Waals surface area contributed by atoms with Crippen LogP contribution in [-0.2, 0) is 11.2 Å². The van der Waals surface area contributed by atoms with Gasteiger partial charge in [0, 0.05) is 5.56 Å². The molecule has 0 saturated heterocycles. The normalized spacial score (nSPS) is 15.4. The molecule has 6 heteroatoms. The summed E-state index contributed by atoms with van der Waals surface area (Å²) in [7, 11) is 0. The Bertz CT molecular complexity index is 488. The van der Waals surface area contributed by atoms with Gasteiger partial charge in [-0.15, -0.1) is 0 Å². The van der Waals surface area contributed by atoms with Crippen LogP contribution in [0.3, 0.4) is 0 Å². The van der Waals surface area contributed by atoms with Crippen LogP contribution >= 0.6 is 0 Å². The Morgan fingerprint density at radius 1 is 1.32 bits per heavy atom. The molecule has 0 radical (unpaired) electrons. The van der Waals surface area contributed by atoms with Crippen LogP contribution in [-0.4, -0.2) is 24.3 Å². The van der Waals surface area contributed by atoms with E-state index in [2.05, 4.69) is 0 Å². The first-order valence-electron chi connectivity index (χ1n) is 5.92. The van der Waals surface area contributed by atoms with Crippen molar-refractivity contribution in [3.05, 3.63) is 23.3 Å². The molecule has 0 aromatic heterocycles. The van der Waals surface area contributed by atoms with Crippen LogP contribution in [0.25, 0.3) is 0 Å². The smallest absolute Gasteiger partial charge is 0.306 e. The van der Waals surface area contributed by atoms with Gasteiger partial charge in [-0.2, -0.15) is 0 Å². The van der Waals surface area contributed by atoms with Crippen LogP contribution < -0.4 is 9.47 Å². The van der Waals surface area contributed by atoms with Crippen molar-refractivity contribution < 1.29 is 28.2 Å². The average molecular weight is 272 g/mol. The highest BCUT2D eigenvalue weighted by Gasteiger charge is 2.23. The molecule has 4 nitrogen and oxygen atoms in total. The molecular weight excluding hydrogens is 258 g/mol. The van der Waals surface area contributed by atoms with Crippen molar-refractivity contribution in [1.82, 2.24) is 0 Å². The first-order valence-corrected chi connectivity index (χ1v) is 5.92. The van der Waals surface area contributed by atoms with Gasteiger partial charge in [0.2, 0.25) is 0 Å². The van der Waals surface area contributed by atoms with E-state index in [1.165, 1.54) is 19.1 Å². The number of fused-ring (bicyclic) bond motifs is 1. The van der Waals surface area contributed by atoms with Crippen molar-refractivity contribution >= 4 is 5.97 Å². The minimum Gasteiger partial charge on any atom is -0.486 e. The molecule has 1 aromatic rings. The Kier molecular flexibility index (Phi) is 3.87. The number of carbonyl (C=O) groups is 1. The molecule has 1 unspecified atom stereocenters. The number of carboxylic acid groups (broad SMARTS) is 1. The fourth-order valence-electron chi connectivity index (χ4n) is 1.94. The van der Waals surface area contributed by atoms with E-state index in [0.717, 1.165) is 0 Å². The minimum absolute atomic E-state index is 0.0334. The molecule has 0 amide bonds. The molecule has 1 aromatic carbocycles. The number of rotatable bonds is 4. The fraction of sp³-hybridized carbons (Fsp3) is 0.462. The van der Waals surface area contributed by atoms with E-state index in [9.17, 15) is 13.6 Å². The van der Waals surface area contributed by atoms with Gasteiger partial charge in [0.1, 0.15) is 13.2 Å². The third-order valence-electron chi connectivity index (χ3n) is 2.99. The molecule has 0 bridgehead atoms. The number of alkyl halides is 2. The number of carboxylic acids is 1. The Balaban J connectivity index is 2.37. The van der Waals surface area contributed by atoms with Gasteiger partial charge in [0.25, 0.3) is 6.43 Å². The molecule has 1 atom stereocenters. The highest BCUT2D eigenvalue weighted by Crippen LogP contribution is 2.37. The largest absolute Gasteiger partial charge is 0.486 e. The molecule has 19 heavy (non-hydrogen) atoms. The van der Waals surface area contributed by atoms with Crippen molar-refractivity contribution in [1.29, 1.82) is 0 Å². The first-order chi connectivity index (χ1) is 8.99. The van der Waals surface area contributed by atoms with Crippen LogP contribution in [0, 0.1) is 5.92 Å². The van der Waals surface area contributed by atoms with Gasteiger partial charge in [-0.25, -0.2) is 8.78 Å². The van der Waals surface area contributed by atoms with Crippen molar-refractivity contribution in [3.63, 3.8) is 0 Å². The van der Waals surface area contributed by atoms with Crippen LogP contribution in [0.15, 0.2) is 12.1 Å². The molecular formula is C13H14F2O4. The zero-order chi connectivity index (χ0) is 14.0. The summed E-state index contributed by atoms with van der Waals surface area (Å²) < 4.78 is 36.6. The maximum Gasteiger partial charge on any atom is 0.306 e. The van der Waals surface area contributed by atoms with E-state index in [-0.39, 0.29) is 23.3 Å². The molecule has 2 rings (SSSR count). The second-order valence-corrected chi connectivity index (χ2v) is 4.44. The highest BCUT2D eigenvalue weighted by atomic mass is 19.3. The molecule has 1 heterocycles. The number of ether oxygens (including phenoxy) is 2. The number of hydrogen-bond acceptors (Lipinski definition) is 3. The van der Waals surface area contributed by atoms with E-state index in [4.69, 9.17) is 14.6 Å². The third-order valence-corrected chi connectivity index (χ3v) is 2.99. The van der Waals surface area contributed by atoms with Crippen molar-refractivity contribution in [2.45, 2.75) is 19.8 Å². The Morgan fingerprint density at radius 2 is 1.89 bits per heavy atom. The van der Waals surface area contributed by atoms with Gasteiger partial charge in [-0.1, -0.05) is 6.92 Å². The summed E-state index contributed by atoms with van der Waals surface area (Å²) in [5.74, 6) is -1.08. The van der Waals surface area contributed by atoms with Gasteiger partial charge in [-0.3, -0.25) is 4.79 Å². The van der Waals surface area contributed by atoms with E-state index in [1.54, 1.807) is 0 Å². The second kappa shape index (κ2) is 5.42. The van der Waals surface area contributed by atoms with Crippen molar-refractivity contribution in [3.8, 4) is 11.5 Å². The van der Waals surface area contributed by atoms with E-state index in [0.29, 0.717) is 19.0 Å². The van der Waals surface area contributed by atoms with Gasteiger partial charge >= 0.3 is 5.97 Å². The average Bonchev–Trinajstić information content (AvgIpc) is 2.37. The standard InChI is InChI=1S/C13H14F2O4/c1-7(13(16)17)4-8-5-10-11(19-3-2-18-10)6-9(8)12(14)15/h5-7,12H,2-4H2,1H3,(H,16,17).